The number of hydrogen-bond acceptors (Lipinski definition) is 3. The van der Waals surface area contributed by atoms with Crippen molar-refractivity contribution in [1.82, 2.24) is 0 Å². The predicted octanol–water partition coefficient (Wildman–Crippen LogP) is 2.72. The Hall–Kier alpha value is -0.163. The largest absolute Gasteiger partial charge is 0.398 e. The highest BCUT2D eigenvalue weighted by atomic mass is 28.4. The first kappa shape index (κ1) is 14.8. The van der Waals surface area contributed by atoms with E-state index in [-0.39, 0.29) is 0 Å². The third-order valence-corrected chi connectivity index (χ3v) is 6.15. The van der Waals surface area contributed by atoms with Crippen molar-refractivity contribution < 1.29 is 13.6 Å². The Morgan fingerprint density at radius 3 is 2.53 bits per heavy atom. The summed E-state index contributed by atoms with van der Waals surface area (Å²) >= 11 is 0. The van der Waals surface area contributed by atoms with Crippen molar-refractivity contribution in [1.29, 1.82) is 0 Å². The van der Waals surface area contributed by atoms with Crippen LogP contribution in [0, 0.1) is 0 Å². The van der Waals surface area contributed by atoms with Crippen LogP contribution in [0.2, 0.25) is 12.1 Å². The van der Waals surface area contributed by atoms with Crippen molar-refractivity contribution in [3.8, 4) is 0 Å². The Bertz CT molecular complexity index is 158. The fraction of sp³-hybridized carbons (Fsp3) is 0.818. The molecule has 15 heavy (non-hydrogen) atoms. The molecule has 1 unspecified atom stereocenters. The Morgan fingerprint density at radius 2 is 2.07 bits per heavy atom. The second kappa shape index (κ2) is 9.09. The lowest BCUT2D eigenvalue weighted by atomic mass is 10.5. The topological polar surface area (TPSA) is 27.7 Å². The summed E-state index contributed by atoms with van der Waals surface area (Å²) in [6.07, 6.45) is 2.77. The van der Waals surface area contributed by atoms with E-state index in [9.17, 15) is 0 Å². The van der Waals surface area contributed by atoms with Crippen molar-refractivity contribution in [3.63, 3.8) is 0 Å². The van der Waals surface area contributed by atoms with Crippen LogP contribution in [-0.4, -0.2) is 35.5 Å². The van der Waals surface area contributed by atoms with Gasteiger partial charge < -0.3 is 13.6 Å². The zero-order chi connectivity index (χ0) is 11.6. The van der Waals surface area contributed by atoms with Crippen LogP contribution in [0.25, 0.3) is 0 Å². The first-order valence-corrected chi connectivity index (χ1v) is 7.85. The van der Waals surface area contributed by atoms with Crippen LogP contribution >= 0.6 is 0 Å². The average molecular weight is 232 g/mol. The van der Waals surface area contributed by atoms with Crippen molar-refractivity contribution >= 4 is 8.56 Å². The maximum absolute atomic E-state index is 5.78. The average Bonchev–Trinajstić information content (AvgIpc) is 2.27. The van der Waals surface area contributed by atoms with Gasteiger partial charge in [-0.1, -0.05) is 13.0 Å². The molecule has 0 aromatic carbocycles. The molecule has 0 amide bonds. The van der Waals surface area contributed by atoms with Crippen LogP contribution in [0.5, 0.6) is 0 Å². The van der Waals surface area contributed by atoms with Crippen LogP contribution in [0.15, 0.2) is 12.7 Å². The van der Waals surface area contributed by atoms with E-state index in [0.717, 1.165) is 31.7 Å². The third-order valence-electron chi connectivity index (χ3n) is 2.40. The molecule has 0 saturated carbocycles. The standard InChI is InChI=1S/C11H24O3Si/c1-5-9-13-10-8-11-15(7-3,12-4)14-6-2/h5H,1,6-11H2,2-4H3. The van der Waals surface area contributed by atoms with E-state index in [1.54, 1.807) is 13.2 Å². The number of rotatable bonds is 10. The summed E-state index contributed by atoms with van der Waals surface area (Å²) in [5.41, 5.74) is 0. The lowest BCUT2D eigenvalue weighted by molar-refractivity contribution is 0.155. The fourth-order valence-electron chi connectivity index (χ4n) is 1.53. The van der Waals surface area contributed by atoms with Gasteiger partial charge in [-0.2, -0.15) is 0 Å². The Kier molecular flexibility index (Phi) is 8.99. The van der Waals surface area contributed by atoms with E-state index in [1.165, 1.54) is 0 Å². The summed E-state index contributed by atoms with van der Waals surface area (Å²) < 4.78 is 16.7. The van der Waals surface area contributed by atoms with Crippen LogP contribution < -0.4 is 0 Å². The lowest BCUT2D eigenvalue weighted by Gasteiger charge is -2.27. The summed E-state index contributed by atoms with van der Waals surface area (Å²) in [5, 5.41) is 0. The molecule has 0 spiro atoms. The predicted molar refractivity (Wildman–Crippen MR) is 65.3 cm³/mol. The van der Waals surface area contributed by atoms with Gasteiger partial charge in [0, 0.05) is 20.3 Å². The zero-order valence-electron chi connectivity index (χ0n) is 10.3. The smallest absolute Gasteiger partial charge is 0.337 e. The number of hydrogen-bond donors (Lipinski definition) is 0. The van der Waals surface area contributed by atoms with Gasteiger partial charge >= 0.3 is 8.56 Å². The summed E-state index contributed by atoms with van der Waals surface area (Å²) in [6, 6.07) is 2.00. The summed E-state index contributed by atoms with van der Waals surface area (Å²) in [4.78, 5) is 0. The first-order valence-electron chi connectivity index (χ1n) is 5.62. The van der Waals surface area contributed by atoms with Gasteiger partial charge in [0.2, 0.25) is 0 Å². The highest BCUT2D eigenvalue weighted by Gasteiger charge is 2.33. The van der Waals surface area contributed by atoms with Gasteiger partial charge in [0.05, 0.1) is 6.61 Å². The molecule has 0 rings (SSSR count). The molecule has 1 atom stereocenters. The van der Waals surface area contributed by atoms with Gasteiger partial charge in [0.1, 0.15) is 0 Å². The summed E-state index contributed by atoms with van der Waals surface area (Å²) in [6.45, 7) is 9.88. The zero-order valence-corrected chi connectivity index (χ0v) is 11.3. The quantitative estimate of drug-likeness (QED) is 0.329. The van der Waals surface area contributed by atoms with Gasteiger partial charge in [-0.15, -0.1) is 6.58 Å². The molecule has 0 aliphatic heterocycles. The lowest BCUT2D eigenvalue weighted by Crippen LogP contribution is -2.40. The van der Waals surface area contributed by atoms with E-state index in [4.69, 9.17) is 13.6 Å². The molecule has 0 radical (unpaired) electrons. The maximum Gasteiger partial charge on any atom is 0.337 e. The van der Waals surface area contributed by atoms with Crippen molar-refractivity contribution in [3.05, 3.63) is 12.7 Å². The van der Waals surface area contributed by atoms with Crippen molar-refractivity contribution in [2.24, 2.45) is 0 Å². The van der Waals surface area contributed by atoms with E-state index >= 15 is 0 Å². The molecule has 0 aliphatic rings. The van der Waals surface area contributed by atoms with Gasteiger partial charge in [-0.3, -0.25) is 0 Å². The molecule has 90 valence electrons. The Labute approximate surface area is 94.7 Å². The second-order valence-corrected chi connectivity index (χ2v) is 7.09. The van der Waals surface area contributed by atoms with Crippen LogP contribution in [-0.2, 0) is 13.6 Å². The second-order valence-electron chi connectivity index (χ2n) is 3.37. The summed E-state index contributed by atoms with van der Waals surface area (Å²) in [7, 11) is -0.150. The van der Waals surface area contributed by atoms with Crippen molar-refractivity contribution in [2.45, 2.75) is 32.4 Å². The molecule has 0 aliphatic carbocycles. The minimum atomic E-state index is -1.91. The van der Waals surface area contributed by atoms with Gasteiger partial charge in [0.15, 0.2) is 0 Å². The fourth-order valence-corrected chi connectivity index (χ4v) is 4.05. The highest BCUT2D eigenvalue weighted by molar-refractivity contribution is 6.67. The van der Waals surface area contributed by atoms with Crippen LogP contribution in [0.1, 0.15) is 20.3 Å². The minimum absolute atomic E-state index is 0.627. The van der Waals surface area contributed by atoms with E-state index in [2.05, 4.69) is 13.5 Å². The minimum Gasteiger partial charge on any atom is -0.398 e. The van der Waals surface area contributed by atoms with Crippen LogP contribution in [0.3, 0.4) is 0 Å². The van der Waals surface area contributed by atoms with E-state index in [0.29, 0.717) is 6.61 Å². The summed E-state index contributed by atoms with van der Waals surface area (Å²) in [5.74, 6) is 0. The Morgan fingerprint density at radius 1 is 1.33 bits per heavy atom. The number of ether oxygens (including phenoxy) is 1. The third kappa shape index (κ3) is 6.09. The van der Waals surface area contributed by atoms with E-state index < -0.39 is 8.56 Å². The molecule has 4 heteroatoms. The highest BCUT2D eigenvalue weighted by Crippen LogP contribution is 2.19. The molecule has 0 N–H and O–H groups in total. The molecule has 0 heterocycles. The molecule has 0 aromatic heterocycles. The van der Waals surface area contributed by atoms with Crippen molar-refractivity contribution in [2.75, 3.05) is 26.9 Å². The van der Waals surface area contributed by atoms with E-state index in [1.807, 2.05) is 6.92 Å². The normalized spacial score (nSPS) is 14.9. The monoisotopic (exact) mass is 232 g/mol. The van der Waals surface area contributed by atoms with Gasteiger partial charge in [-0.05, 0) is 25.4 Å². The molecule has 0 saturated heterocycles. The Balaban J connectivity index is 3.79. The SMILES string of the molecule is C=CCOCCC[Si](CC)(OC)OCC. The maximum atomic E-state index is 5.78. The molecule has 0 fully saturated rings. The molecular weight excluding hydrogens is 208 g/mol. The van der Waals surface area contributed by atoms with Gasteiger partial charge in [-0.25, -0.2) is 0 Å². The van der Waals surface area contributed by atoms with Gasteiger partial charge in [0.25, 0.3) is 0 Å². The molecular formula is C11H24O3Si. The first-order chi connectivity index (χ1) is 7.24. The van der Waals surface area contributed by atoms with Crippen LogP contribution in [0.4, 0.5) is 0 Å². The molecule has 0 bridgehead atoms. The molecule has 0 aromatic rings. The molecule has 3 nitrogen and oxygen atoms in total.